The Morgan fingerprint density at radius 1 is 0.958 bits per heavy atom. The monoisotopic (exact) mass is 319 g/mol. The minimum Gasteiger partial charge on any atom is -0.346 e. The van der Waals surface area contributed by atoms with Crippen molar-refractivity contribution in [2.75, 3.05) is 0 Å². The molecule has 24 heavy (non-hydrogen) atoms. The molecule has 1 saturated carbocycles. The molecule has 1 fully saturated rings. The van der Waals surface area contributed by atoms with Gasteiger partial charge in [0.2, 0.25) is 5.91 Å². The van der Waals surface area contributed by atoms with Crippen LogP contribution in [0.1, 0.15) is 24.0 Å². The van der Waals surface area contributed by atoms with E-state index in [9.17, 15) is 9.18 Å². The Hall–Kier alpha value is -2.68. The molecule has 2 nitrogen and oxygen atoms in total. The molecule has 1 aliphatic rings. The quantitative estimate of drug-likeness (QED) is 0.762. The van der Waals surface area contributed by atoms with Crippen LogP contribution in [0.2, 0.25) is 0 Å². The first-order valence-electron chi connectivity index (χ1n) is 8.20. The van der Waals surface area contributed by atoms with Gasteiger partial charge in [0.1, 0.15) is 5.82 Å². The van der Waals surface area contributed by atoms with Gasteiger partial charge in [0, 0.05) is 0 Å². The summed E-state index contributed by atoms with van der Waals surface area (Å²) in [5, 5.41) is 5.59. The predicted molar refractivity (Wildman–Crippen MR) is 93.1 cm³/mol. The van der Waals surface area contributed by atoms with E-state index < -0.39 is 0 Å². The summed E-state index contributed by atoms with van der Waals surface area (Å²) in [6, 6.07) is 20.6. The maximum absolute atomic E-state index is 13.0. The number of benzene rings is 3. The number of hydrogen-bond acceptors (Lipinski definition) is 1. The Bertz CT molecular complexity index is 892. The van der Waals surface area contributed by atoms with E-state index in [4.69, 9.17) is 0 Å². The van der Waals surface area contributed by atoms with Crippen molar-refractivity contribution in [3.05, 3.63) is 83.7 Å². The van der Waals surface area contributed by atoms with Gasteiger partial charge in [0.05, 0.1) is 12.0 Å². The van der Waals surface area contributed by atoms with Crippen LogP contribution >= 0.6 is 0 Å². The SMILES string of the molecule is O=C(Cc1ccc(F)cc1)NC1(c2cccc3ccccc23)CC1. The molecular weight excluding hydrogens is 301 g/mol. The van der Waals surface area contributed by atoms with Crippen LogP contribution in [0.4, 0.5) is 4.39 Å². The second kappa shape index (κ2) is 5.75. The van der Waals surface area contributed by atoms with Gasteiger partial charge in [0.15, 0.2) is 0 Å². The third-order valence-electron chi connectivity index (χ3n) is 4.71. The van der Waals surface area contributed by atoms with Gasteiger partial charge in [0.25, 0.3) is 0 Å². The van der Waals surface area contributed by atoms with Gasteiger partial charge in [-0.15, -0.1) is 0 Å². The predicted octanol–water partition coefficient (Wildman–Crippen LogP) is 4.33. The molecule has 4 rings (SSSR count). The number of halogens is 1. The fraction of sp³-hybridized carbons (Fsp3) is 0.190. The van der Waals surface area contributed by atoms with Crippen molar-refractivity contribution in [1.29, 1.82) is 0 Å². The van der Waals surface area contributed by atoms with Crippen LogP contribution in [0, 0.1) is 5.82 Å². The van der Waals surface area contributed by atoms with E-state index in [1.807, 2.05) is 18.2 Å². The first-order valence-corrected chi connectivity index (χ1v) is 8.20. The van der Waals surface area contributed by atoms with Crippen LogP contribution in [0.25, 0.3) is 10.8 Å². The number of nitrogens with one attached hydrogen (secondary N) is 1. The third kappa shape index (κ3) is 2.78. The molecule has 0 atom stereocenters. The molecule has 0 spiro atoms. The molecule has 0 saturated heterocycles. The maximum Gasteiger partial charge on any atom is 0.225 e. The van der Waals surface area contributed by atoms with Crippen molar-refractivity contribution in [2.45, 2.75) is 24.8 Å². The van der Waals surface area contributed by atoms with Crippen LogP contribution in [0.5, 0.6) is 0 Å². The summed E-state index contributed by atoms with van der Waals surface area (Å²) in [6.07, 6.45) is 2.18. The van der Waals surface area contributed by atoms with E-state index in [0.717, 1.165) is 18.4 Å². The number of carbonyl (C=O) groups is 1. The number of rotatable bonds is 4. The topological polar surface area (TPSA) is 29.1 Å². The van der Waals surface area contributed by atoms with Crippen molar-refractivity contribution in [1.82, 2.24) is 5.32 Å². The number of carbonyl (C=O) groups excluding carboxylic acids is 1. The van der Waals surface area contributed by atoms with E-state index in [1.165, 1.54) is 28.5 Å². The molecular formula is C21H18FNO. The molecule has 0 bridgehead atoms. The molecule has 1 N–H and O–H groups in total. The maximum atomic E-state index is 13.0. The summed E-state index contributed by atoms with van der Waals surface area (Å²) in [7, 11) is 0. The highest BCUT2D eigenvalue weighted by Gasteiger charge is 2.46. The highest BCUT2D eigenvalue weighted by molar-refractivity contribution is 5.88. The summed E-state index contributed by atoms with van der Waals surface area (Å²) in [5.74, 6) is -0.305. The Kier molecular flexibility index (Phi) is 3.57. The fourth-order valence-electron chi connectivity index (χ4n) is 3.33. The summed E-state index contributed by atoms with van der Waals surface area (Å²) in [4.78, 5) is 12.5. The third-order valence-corrected chi connectivity index (χ3v) is 4.71. The molecule has 3 heteroatoms. The largest absolute Gasteiger partial charge is 0.346 e. The van der Waals surface area contributed by atoms with Gasteiger partial charge in [-0.3, -0.25) is 4.79 Å². The van der Waals surface area contributed by atoms with E-state index in [1.54, 1.807) is 12.1 Å². The fourth-order valence-corrected chi connectivity index (χ4v) is 3.33. The standard InChI is InChI=1S/C21H18FNO/c22-17-10-8-15(9-11-17)14-20(24)23-21(12-13-21)19-7-3-5-16-4-1-2-6-18(16)19/h1-11H,12-14H2,(H,23,24). The smallest absolute Gasteiger partial charge is 0.225 e. The Balaban J connectivity index is 1.57. The van der Waals surface area contributed by atoms with Crippen molar-refractivity contribution >= 4 is 16.7 Å². The molecule has 0 heterocycles. The van der Waals surface area contributed by atoms with Crippen LogP contribution < -0.4 is 5.32 Å². The summed E-state index contributed by atoms with van der Waals surface area (Å²) in [5.41, 5.74) is 1.76. The lowest BCUT2D eigenvalue weighted by Gasteiger charge is -2.20. The summed E-state index contributed by atoms with van der Waals surface area (Å²) in [6.45, 7) is 0. The van der Waals surface area contributed by atoms with Gasteiger partial charge in [-0.2, -0.15) is 0 Å². The highest BCUT2D eigenvalue weighted by Crippen LogP contribution is 2.47. The Morgan fingerprint density at radius 2 is 1.67 bits per heavy atom. The molecule has 1 aliphatic carbocycles. The Labute approximate surface area is 140 Å². The zero-order valence-electron chi connectivity index (χ0n) is 13.3. The average molecular weight is 319 g/mol. The second-order valence-corrected chi connectivity index (χ2v) is 6.46. The molecule has 0 aromatic heterocycles. The number of fused-ring (bicyclic) bond motifs is 1. The zero-order chi connectivity index (χ0) is 16.6. The summed E-state index contributed by atoms with van der Waals surface area (Å²) < 4.78 is 13.0. The molecule has 0 unspecified atom stereocenters. The van der Waals surface area contributed by atoms with Gasteiger partial charge in [-0.1, -0.05) is 54.6 Å². The molecule has 0 radical (unpaired) electrons. The minimum atomic E-state index is -0.284. The number of hydrogen-bond donors (Lipinski definition) is 1. The molecule has 3 aromatic rings. The van der Waals surface area contributed by atoms with Gasteiger partial charge < -0.3 is 5.32 Å². The first-order chi connectivity index (χ1) is 11.7. The van der Waals surface area contributed by atoms with Crippen LogP contribution in [-0.4, -0.2) is 5.91 Å². The normalized spacial score (nSPS) is 15.2. The van der Waals surface area contributed by atoms with Crippen LogP contribution in [0.3, 0.4) is 0 Å². The first kappa shape index (κ1) is 14.9. The van der Waals surface area contributed by atoms with Crippen molar-refractivity contribution in [2.24, 2.45) is 0 Å². The van der Waals surface area contributed by atoms with Crippen molar-refractivity contribution < 1.29 is 9.18 Å². The van der Waals surface area contributed by atoms with E-state index in [2.05, 4.69) is 29.6 Å². The van der Waals surface area contributed by atoms with Crippen molar-refractivity contribution in [3.8, 4) is 0 Å². The van der Waals surface area contributed by atoms with E-state index in [-0.39, 0.29) is 23.7 Å². The minimum absolute atomic E-state index is 0.0213. The van der Waals surface area contributed by atoms with Gasteiger partial charge in [-0.25, -0.2) is 4.39 Å². The number of amides is 1. The van der Waals surface area contributed by atoms with E-state index in [0.29, 0.717) is 0 Å². The zero-order valence-corrected chi connectivity index (χ0v) is 13.3. The van der Waals surface area contributed by atoms with Crippen LogP contribution in [-0.2, 0) is 16.8 Å². The van der Waals surface area contributed by atoms with Crippen LogP contribution in [0.15, 0.2) is 66.7 Å². The van der Waals surface area contributed by atoms with Gasteiger partial charge >= 0.3 is 0 Å². The Morgan fingerprint density at radius 3 is 2.42 bits per heavy atom. The molecule has 3 aromatic carbocycles. The summed E-state index contributed by atoms with van der Waals surface area (Å²) >= 11 is 0. The lowest BCUT2D eigenvalue weighted by Crippen LogP contribution is -2.36. The molecule has 0 aliphatic heterocycles. The van der Waals surface area contributed by atoms with Gasteiger partial charge in [-0.05, 0) is 46.9 Å². The second-order valence-electron chi connectivity index (χ2n) is 6.46. The van der Waals surface area contributed by atoms with Crippen molar-refractivity contribution in [3.63, 3.8) is 0 Å². The highest BCUT2D eigenvalue weighted by atomic mass is 19.1. The van der Waals surface area contributed by atoms with E-state index >= 15 is 0 Å². The average Bonchev–Trinajstić information content (AvgIpc) is 3.37. The molecule has 1 amide bonds. The lowest BCUT2D eigenvalue weighted by molar-refractivity contribution is -0.121. The lowest BCUT2D eigenvalue weighted by atomic mass is 9.96. The molecule has 120 valence electrons.